The highest BCUT2D eigenvalue weighted by atomic mass is 16.5. The predicted octanol–water partition coefficient (Wildman–Crippen LogP) is 4.66. The van der Waals surface area contributed by atoms with E-state index in [1.165, 1.54) is 25.3 Å². The molecule has 2 aliphatic heterocycles. The summed E-state index contributed by atoms with van der Waals surface area (Å²) >= 11 is 0. The third-order valence-corrected chi connectivity index (χ3v) is 7.24. The third-order valence-electron chi connectivity index (χ3n) is 7.24. The summed E-state index contributed by atoms with van der Waals surface area (Å²) in [7, 11) is 0. The lowest BCUT2D eigenvalue weighted by Crippen LogP contribution is -2.33. The van der Waals surface area contributed by atoms with E-state index in [1.807, 2.05) is 25.1 Å². The smallest absolute Gasteiger partial charge is 0.258 e. The number of ether oxygens (including phenoxy) is 1. The molecule has 0 saturated carbocycles. The molecule has 0 unspecified atom stereocenters. The Balaban J connectivity index is 1.27. The number of phenolic OH excluding ortho intramolecular Hbond substituents is 1. The molecule has 8 nitrogen and oxygen atoms in total. The summed E-state index contributed by atoms with van der Waals surface area (Å²) in [4.78, 5) is 30.2. The van der Waals surface area contributed by atoms with Crippen LogP contribution in [0, 0.1) is 0 Å². The number of carbonyl (C=O) groups is 2. The van der Waals surface area contributed by atoms with Gasteiger partial charge in [0.2, 0.25) is 0 Å². The maximum atomic E-state index is 13.4. The third kappa shape index (κ3) is 5.09. The molecule has 3 heterocycles. The molecule has 1 fully saturated rings. The quantitative estimate of drug-likeness (QED) is 0.423. The van der Waals surface area contributed by atoms with E-state index < -0.39 is 0 Å². The van der Waals surface area contributed by atoms with E-state index in [4.69, 9.17) is 4.74 Å². The lowest BCUT2D eigenvalue weighted by molar-refractivity contribution is 0.0748. The molecule has 190 valence electrons. The Morgan fingerprint density at radius 1 is 1.08 bits per heavy atom. The summed E-state index contributed by atoms with van der Waals surface area (Å²) in [6, 6.07) is 9.06. The number of likely N-dealkylation sites (tertiary alicyclic amines) is 1. The molecule has 0 bridgehead atoms. The van der Waals surface area contributed by atoms with Crippen LogP contribution in [-0.4, -0.2) is 63.0 Å². The first kappa shape index (κ1) is 24.3. The van der Waals surface area contributed by atoms with E-state index in [0.29, 0.717) is 42.7 Å². The van der Waals surface area contributed by atoms with Crippen LogP contribution in [0.2, 0.25) is 0 Å². The first-order valence-electron chi connectivity index (χ1n) is 13.0. The number of ketones is 1. The largest absolute Gasteiger partial charge is 0.507 e. The number of hydrogen-bond donors (Lipinski definition) is 2. The van der Waals surface area contributed by atoms with Gasteiger partial charge in [-0.2, -0.15) is 5.10 Å². The van der Waals surface area contributed by atoms with Crippen molar-refractivity contribution >= 4 is 22.6 Å². The number of aromatic hydroxyl groups is 1. The summed E-state index contributed by atoms with van der Waals surface area (Å²) < 4.78 is 6.01. The molecular formula is C28H34N4O4. The van der Waals surface area contributed by atoms with Gasteiger partial charge in [0.25, 0.3) is 5.91 Å². The number of rotatable bonds is 9. The van der Waals surface area contributed by atoms with Gasteiger partial charge in [-0.1, -0.05) is 25.8 Å². The van der Waals surface area contributed by atoms with Gasteiger partial charge in [0.15, 0.2) is 5.78 Å². The van der Waals surface area contributed by atoms with Crippen LogP contribution in [0.4, 0.5) is 0 Å². The molecule has 0 atom stereocenters. The van der Waals surface area contributed by atoms with Crippen molar-refractivity contribution < 1.29 is 19.4 Å². The van der Waals surface area contributed by atoms with Gasteiger partial charge in [-0.25, -0.2) is 0 Å². The molecule has 0 spiro atoms. The highest BCUT2D eigenvalue weighted by Gasteiger charge is 2.28. The molecule has 0 radical (unpaired) electrons. The minimum Gasteiger partial charge on any atom is -0.507 e. The van der Waals surface area contributed by atoms with E-state index in [9.17, 15) is 14.7 Å². The number of hydrogen-bond acceptors (Lipinski definition) is 6. The van der Waals surface area contributed by atoms with Crippen molar-refractivity contribution in [3.8, 4) is 11.5 Å². The zero-order chi connectivity index (χ0) is 25.1. The first-order chi connectivity index (χ1) is 17.5. The first-order valence-corrected chi connectivity index (χ1v) is 13.0. The standard InChI is InChI=1S/C28H34N4O4/c1-2-3-7-25(33)27-22-15-23(26(34)16-24(22)29-30-27)28(35)32-17-19-8-9-21(14-20(19)18-32)36-13-12-31-10-5-4-6-11-31/h8-9,14-16,34H,2-7,10-13,17-18H2,1H3,(H,29,30). The summed E-state index contributed by atoms with van der Waals surface area (Å²) in [5.41, 5.74) is 3.17. The Hall–Kier alpha value is -3.39. The van der Waals surface area contributed by atoms with E-state index in [1.54, 1.807) is 11.0 Å². The van der Waals surface area contributed by atoms with Crippen molar-refractivity contribution in [2.45, 2.75) is 58.5 Å². The summed E-state index contributed by atoms with van der Waals surface area (Å²) in [6.07, 6.45) is 5.96. The minimum absolute atomic E-state index is 0.0615. The van der Waals surface area contributed by atoms with Gasteiger partial charge < -0.3 is 14.7 Å². The Bertz CT molecular complexity index is 1260. The highest BCUT2D eigenvalue weighted by molar-refractivity contribution is 6.09. The molecule has 1 aromatic heterocycles. The maximum absolute atomic E-state index is 13.4. The molecule has 2 N–H and O–H groups in total. The Morgan fingerprint density at radius 3 is 2.69 bits per heavy atom. The molecule has 1 amide bonds. The maximum Gasteiger partial charge on any atom is 0.258 e. The van der Waals surface area contributed by atoms with Gasteiger partial charge in [-0.15, -0.1) is 0 Å². The highest BCUT2D eigenvalue weighted by Crippen LogP contribution is 2.32. The minimum atomic E-state index is -0.272. The second-order valence-corrected chi connectivity index (χ2v) is 9.86. The number of nitrogens with one attached hydrogen (secondary N) is 1. The van der Waals surface area contributed by atoms with E-state index in [2.05, 4.69) is 15.1 Å². The number of fused-ring (bicyclic) bond motifs is 2. The fourth-order valence-electron chi connectivity index (χ4n) is 5.14. The predicted molar refractivity (Wildman–Crippen MR) is 137 cm³/mol. The molecule has 2 aliphatic rings. The molecule has 3 aromatic rings. The van der Waals surface area contributed by atoms with Gasteiger partial charge >= 0.3 is 0 Å². The van der Waals surface area contributed by atoms with Gasteiger partial charge in [0, 0.05) is 37.5 Å². The normalized spacial score (nSPS) is 15.9. The molecule has 36 heavy (non-hydrogen) atoms. The van der Waals surface area contributed by atoms with Crippen molar-refractivity contribution in [3.05, 3.63) is 52.7 Å². The fourth-order valence-corrected chi connectivity index (χ4v) is 5.14. The van der Waals surface area contributed by atoms with E-state index >= 15 is 0 Å². The molecule has 2 aromatic carbocycles. The number of amides is 1. The second-order valence-electron chi connectivity index (χ2n) is 9.86. The van der Waals surface area contributed by atoms with Crippen LogP contribution in [0.15, 0.2) is 30.3 Å². The molecular weight excluding hydrogens is 456 g/mol. The number of aromatic amines is 1. The SMILES string of the molecule is CCCCC(=O)c1n[nH]c2cc(O)c(C(=O)N3Cc4ccc(OCCN5CCCCC5)cc4C3)cc12. The molecule has 0 aliphatic carbocycles. The summed E-state index contributed by atoms with van der Waals surface area (Å²) in [5.74, 6) is 0.360. The van der Waals surface area contributed by atoms with Gasteiger partial charge in [-0.05, 0) is 61.7 Å². The average molecular weight is 491 g/mol. The zero-order valence-electron chi connectivity index (χ0n) is 20.9. The van der Waals surface area contributed by atoms with E-state index in [-0.39, 0.29) is 23.0 Å². The van der Waals surface area contributed by atoms with Crippen LogP contribution in [0.5, 0.6) is 11.5 Å². The topological polar surface area (TPSA) is 98.8 Å². The van der Waals surface area contributed by atoms with Crippen LogP contribution >= 0.6 is 0 Å². The molecule has 5 rings (SSSR count). The van der Waals surface area contributed by atoms with Crippen LogP contribution in [0.1, 0.15) is 77.4 Å². The molecule has 8 heteroatoms. The van der Waals surface area contributed by atoms with Crippen LogP contribution in [0.25, 0.3) is 10.9 Å². The van der Waals surface area contributed by atoms with Crippen molar-refractivity contribution in [2.75, 3.05) is 26.2 Å². The van der Waals surface area contributed by atoms with Crippen molar-refractivity contribution in [3.63, 3.8) is 0 Å². The van der Waals surface area contributed by atoms with Gasteiger partial charge in [0.1, 0.15) is 23.8 Å². The van der Waals surface area contributed by atoms with Crippen molar-refractivity contribution in [2.24, 2.45) is 0 Å². The monoisotopic (exact) mass is 490 g/mol. The Morgan fingerprint density at radius 2 is 1.89 bits per heavy atom. The lowest BCUT2D eigenvalue weighted by atomic mass is 10.0. The number of unbranched alkanes of at least 4 members (excludes halogenated alkanes) is 1. The number of nitrogens with zero attached hydrogens (tertiary/aromatic N) is 3. The van der Waals surface area contributed by atoms with Gasteiger partial charge in [-0.3, -0.25) is 19.6 Å². The summed E-state index contributed by atoms with van der Waals surface area (Å²) in [6.45, 7) is 6.83. The fraction of sp³-hybridized carbons (Fsp3) is 0.464. The van der Waals surface area contributed by atoms with Crippen LogP contribution in [-0.2, 0) is 13.1 Å². The number of H-pyrrole nitrogens is 1. The number of Topliss-reactive ketones (excluding diaryl/α,β-unsaturated/α-hetero) is 1. The Kier molecular flexibility index (Phi) is 7.23. The Labute approximate surface area is 211 Å². The van der Waals surface area contributed by atoms with Crippen molar-refractivity contribution in [1.82, 2.24) is 20.0 Å². The number of phenols is 1. The second kappa shape index (κ2) is 10.7. The van der Waals surface area contributed by atoms with Crippen LogP contribution < -0.4 is 4.74 Å². The number of benzene rings is 2. The number of aromatic nitrogens is 2. The van der Waals surface area contributed by atoms with Crippen LogP contribution in [0.3, 0.4) is 0 Å². The van der Waals surface area contributed by atoms with Crippen molar-refractivity contribution in [1.29, 1.82) is 0 Å². The zero-order valence-corrected chi connectivity index (χ0v) is 20.9. The van der Waals surface area contributed by atoms with Gasteiger partial charge in [0.05, 0.1) is 11.1 Å². The lowest BCUT2D eigenvalue weighted by Gasteiger charge is -2.26. The number of piperidine rings is 1. The molecule has 1 saturated heterocycles. The van der Waals surface area contributed by atoms with E-state index in [0.717, 1.165) is 49.4 Å². The average Bonchev–Trinajstić information content (AvgIpc) is 3.50. The summed E-state index contributed by atoms with van der Waals surface area (Å²) in [5, 5.41) is 18.1. The number of carbonyl (C=O) groups excluding carboxylic acids is 2.